The zero-order chi connectivity index (χ0) is 24.7. The monoisotopic (exact) mass is 487 g/mol. The van der Waals surface area contributed by atoms with Crippen molar-refractivity contribution in [2.45, 2.75) is 25.2 Å². The molecule has 1 fully saturated rings. The molecule has 1 saturated heterocycles. The van der Waals surface area contributed by atoms with E-state index < -0.39 is 12.2 Å². The highest BCUT2D eigenvalue weighted by Crippen LogP contribution is 2.36. The summed E-state index contributed by atoms with van der Waals surface area (Å²) in [5.74, 6) is -0.768. The first-order valence-corrected chi connectivity index (χ1v) is 11.1. The Morgan fingerprint density at radius 2 is 1.77 bits per heavy atom. The van der Waals surface area contributed by atoms with Crippen molar-refractivity contribution in [3.63, 3.8) is 0 Å². The molecular formula is C25H21F4N3O3. The molecule has 0 unspecified atom stereocenters. The molecule has 5 rings (SSSR count). The van der Waals surface area contributed by atoms with E-state index in [2.05, 4.69) is 10.1 Å². The second-order valence-electron chi connectivity index (χ2n) is 8.80. The quantitative estimate of drug-likeness (QED) is 0.517. The number of nitrogens with one attached hydrogen (secondary N) is 1. The Bertz CT molecular complexity index is 1320. The average Bonchev–Trinajstić information content (AvgIpc) is 2.79. The van der Waals surface area contributed by atoms with E-state index in [1.54, 1.807) is 21.6 Å². The number of halogens is 4. The van der Waals surface area contributed by atoms with Gasteiger partial charge in [-0.25, -0.2) is 9.18 Å². The van der Waals surface area contributed by atoms with Gasteiger partial charge in [0.2, 0.25) is 0 Å². The number of hydrogen-bond donors (Lipinski definition) is 1. The van der Waals surface area contributed by atoms with E-state index in [1.807, 2.05) is 6.07 Å². The molecule has 1 N–H and O–H groups in total. The molecule has 10 heteroatoms. The standard InChI is InChI=1S/C25H21F4N3O3/c26-18-2-1-3-19(11-18)30-24(34)31-12-15-10-17(14-31)22-9-8-21(23(33)32(22)13-15)16-4-6-20(7-5-16)35-25(27,28)29/h1-9,11,15,17H,10,12-14H2,(H,30,34)/t15-,17-/m1/s1. The minimum Gasteiger partial charge on any atom is -0.406 e. The van der Waals surface area contributed by atoms with Crippen LogP contribution in [0.1, 0.15) is 18.0 Å². The maximum atomic E-state index is 13.4. The fraction of sp³-hybridized carbons (Fsp3) is 0.280. The molecule has 1 aromatic heterocycles. The number of alkyl halides is 3. The summed E-state index contributed by atoms with van der Waals surface area (Å²) in [7, 11) is 0. The lowest BCUT2D eigenvalue weighted by molar-refractivity contribution is -0.274. The lowest BCUT2D eigenvalue weighted by Gasteiger charge is -2.42. The molecule has 2 atom stereocenters. The maximum absolute atomic E-state index is 13.4. The molecule has 2 aliphatic heterocycles. The summed E-state index contributed by atoms with van der Waals surface area (Å²) in [6, 6.07) is 14.1. The number of rotatable bonds is 3. The number of amides is 2. The Hall–Kier alpha value is -3.82. The fourth-order valence-electron chi connectivity index (χ4n) is 4.94. The van der Waals surface area contributed by atoms with Gasteiger partial charge in [0.05, 0.1) is 0 Å². The van der Waals surface area contributed by atoms with Crippen molar-refractivity contribution in [1.82, 2.24) is 9.47 Å². The first-order valence-electron chi connectivity index (χ1n) is 11.1. The van der Waals surface area contributed by atoms with Gasteiger partial charge in [0.25, 0.3) is 5.56 Å². The van der Waals surface area contributed by atoms with Gasteiger partial charge in [-0.15, -0.1) is 13.2 Å². The fourth-order valence-corrected chi connectivity index (χ4v) is 4.94. The third kappa shape index (κ3) is 4.87. The van der Waals surface area contributed by atoms with E-state index in [1.165, 1.54) is 42.5 Å². The highest BCUT2D eigenvalue weighted by atomic mass is 19.4. The lowest BCUT2D eigenvalue weighted by atomic mass is 9.83. The molecule has 3 heterocycles. The Labute approximate surface area is 197 Å². The Balaban J connectivity index is 1.35. The Morgan fingerprint density at radius 3 is 2.49 bits per heavy atom. The van der Waals surface area contributed by atoms with Crippen molar-refractivity contribution in [3.05, 3.63) is 82.5 Å². The van der Waals surface area contributed by atoms with Crippen molar-refractivity contribution in [2.24, 2.45) is 5.92 Å². The van der Waals surface area contributed by atoms with Crippen LogP contribution in [0, 0.1) is 11.7 Å². The molecule has 2 amide bonds. The number of fused-ring (bicyclic) bond motifs is 4. The molecule has 182 valence electrons. The minimum atomic E-state index is -4.78. The van der Waals surface area contributed by atoms with Crippen LogP contribution in [0.5, 0.6) is 5.75 Å². The van der Waals surface area contributed by atoms with Crippen LogP contribution in [-0.4, -0.2) is 34.9 Å². The van der Waals surface area contributed by atoms with E-state index in [0.29, 0.717) is 36.4 Å². The zero-order valence-electron chi connectivity index (χ0n) is 18.4. The van der Waals surface area contributed by atoms with Crippen molar-refractivity contribution >= 4 is 11.7 Å². The number of carbonyl (C=O) groups excluding carboxylic acids is 1. The SMILES string of the molecule is O=C(Nc1cccc(F)c1)N1C[C@H]2C[C@H](C1)c1ccc(-c3ccc(OC(F)(F)F)cc3)c(=O)n1C2. The molecule has 0 saturated carbocycles. The van der Waals surface area contributed by atoms with Gasteiger partial charge in [-0.1, -0.05) is 18.2 Å². The Morgan fingerprint density at radius 1 is 1.00 bits per heavy atom. The average molecular weight is 487 g/mol. The molecule has 35 heavy (non-hydrogen) atoms. The van der Waals surface area contributed by atoms with Gasteiger partial charge in [-0.2, -0.15) is 0 Å². The summed E-state index contributed by atoms with van der Waals surface area (Å²) in [6.07, 6.45) is -3.95. The molecule has 3 aromatic rings. The smallest absolute Gasteiger partial charge is 0.406 e. The van der Waals surface area contributed by atoms with Gasteiger partial charge >= 0.3 is 12.4 Å². The van der Waals surface area contributed by atoms with Gasteiger partial charge in [-0.05, 0) is 60.4 Å². The van der Waals surface area contributed by atoms with E-state index in [9.17, 15) is 27.2 Å². The van der Waals surface area contributed by atoms with Crippen LogP contribution in [0.2, 0.25) is 0 Å². The van der Waals surface area contributed by atoms with Crippen molar-refractivity contribution in [1.29, 1.82) is 0 Å². The Kier molecular flexibility index (Phi) is 5.74. The first kappa shape index (κ1) is 22.9. The maximum Gasteiger partial charge on any atom is 0.573 e. The molecule has 0 radical (unpaired) electrons. The topological polar surface area (TPSA) is 63.6 Å². The number of pyridine rings is 1. The molecule has 0 aliphatic carbocycles. The predicted molar refractivity (Wildman–Crippen MR) is 121 cm³/mol. The molecule has 2 aromatic carbocycles. The zero-order valence-corrected chi connectivity index (χ0v) is 18.4. The summed E-state index contributed by atoms with van der Waals surface area (Å²) in [4.78, 5) is 27.7. The second kappa shape index (κ2) is 8.75. The van der Waals surface area contributed by atoms with E-state index in [0.717, 1.165) is 12.1 Å². The number of ether oxygens (including phenoxy) is 1. The van der Waals surface area contributed by atoms with Gasteiger partial charge in [-0.3, -0.25) is 4.79 Å². The third-order valence-electron chi connectivity index (χ3n) is 6.37. The lowest BCUT2D eigenvalue weighted by Crippen LogP contribution is -2.50. The van der Waals surface area contributed by atoms with Crippen LogP contribution in [0.25, 0.3) is 11.1 Å². The van der Waals surface area contributed by atoms with Crippen molar-refractivity contribution < 1.29 is 27.1 Å². The highest BCUT2D eigenvalue weighted by Gasteiger charge is 2.37. The van der Waals surface area contributed by atoms with Gasteiger partial charge in [0.15, 0.2) is 0 Å². The summed E-state index contributed by atoms with van der Waals surface area (Å²) in [5, 5.41) is 2.72. The van der Waals surface area contributed by atoms with Crippen LogP contribution < -0.4 is 15.6 Å². The normalized spacial score (nSPS) is 19.1. The van der Waals surface area contributed by atoms with E-state index in [4.69, 9.17) is 0 Å². The summed E-state index contributed by atoms with van der Waals surface area (Å²) in [5.41, 5.74) is 1.84. The second-order valence-corrected chi connectivity index (χ2v) is 8.80. The highest BCUT2D eigenvalue weighted by molar-refractivity contribution is 5.89. The molecule has 2 aliphatic rings. The number of carbonyl (C=O) groups is 1. The van der Waals surface area contributed by atoms with Gasteiger partial charge in [0.1, 0.15) is 11.6 Å². The van der Waals surface area contributed by atoms with Crippen molar-refractivity contribution in [2.75, 3.05) is 18.4 Å². The van der Waals surface area contributed by atoms with Crippen LogP contribution >= 0.6 is 0 Å². The minimum absolute atomic E-state index is 0.0370. The van der Waals surface area contributed by atoms with Crippen LogP contribution in [0.15, 0.2) is 65.5 Å². The number of benzene rings is 2. The van der Waals surface area contributed by atoms with Gasteiger partial charge in [0, 0.05) is 42.5 Å². The summed E-state index contributed by atoms with van der Waals surface area (Å²) < 4.78 is 56.3. The molecular weight excluding hydrogens is 466 g/mol. The number of nitrogens with zero attached hydrogens (tertiary/aromatic N) is 2. The first-order chi connectivity index (χ1) is 16.7. The molecule has 0 spiro atoms. The summed E-state index contributed by atoms with van der Waals surface area (Å²) >= 11 is 0. The van der Waals surface area contributed by atoms with Crippen LogP contribution in [-0.2, 0) is 6.54 Å². The number of anilines is 1. The summed E-state index contributed by atoms with van der Waals surface area (Å²) in [6.45, 7) is 1.30. The molecule has 2 bridgehead atoms. The van der Waals surface area contributed by atoms with E-state index in [-0.39, 0.29) is 29.2 Å². The van der Waals surface area contributed by atoms with Crippen LogP contribution in [0.4, 0.5) is 28.0 Å². The van der Waals surface area contributed by atoms with Crippen molar-refractivity contribution in [3.8, 4) is 16.9 Å². The third-order valence-corrected chi connectivity index (χ3v) is 6.37. The largest absolute Gasteiger partial charge is 0.573 e. The van der Waals surface area contributed by atoms with Gasteiger partial charge < -0.3 is 19.5 Å². The number of aromatic nitrogens is 1. The number of urea groups is 1. The number of likely N-dealkylation sites (tertiary alicyclic amines) is 1. The molecule has 6 nitrogen and oxygen atoms in total. The number of hydrogen-bond acceptors (Lipinski definition) is 3. The predicted octanol–water partition coefficient (Wildman–Crippen LogP) is 5.20. The van der Waals surface area contributed by atoms with Crippen LogP contribution in [0.3, 0.4) is 0 Å². The van der Waals surface area contributed by atoms with E-state index >= 15 is 0 Å². The number of piperidine rings is 1.